The van der Waals surface area contributed by atoms with Gasteiger partial charge in [0.1, 0.15) is 13.1 Å². The van der Waals surface area contributed by atoms with Crippen LogP contribution in [0.4, 0.5) is 0 Å². The fourth-order valence-corrected chi connectivity index (χ4v) is 1.63. The lowest BCUT2D eigenvalue weighted by Crippen LogP contribution is -2.28. The van der Waals surface area contributed by atoms with Crippen molar-refractivity contribution in [2.45, 2.75) is 6.92 Å². The lowest BCUT2D eigenvalue weighted by molar-refractivity contribution is -0.644. The third-order valence-electron chi connectivity index (χ3n) is 2.41. The van der Waals surface area contributed by atoms with Crippen molar-refractivity contribution in [1.82, 2.24) is 0 Å². The molecule has 0 N–H and O–H groups in total. The van der Waals surface area contributed by atoms with Crippen molar-refractivity contribution in [2.24, 2.45) is 7.05 Å². The minimum absolute atomic E-state index is 0.738. The predicted octanol–water partition coefficient (Wildman–Crippen LogP) is 1.84. The third kappa shape index (κ3) is 1.23. The van der Waals surface area contributed by atoms with Crippen LogP contribution in [0.15, 0.2) is 30.5 Å². The third-order valence-corrected chi connectivity index (χ3v) is 2.41. The van der Waals surface area contributed by atoms with Crippen LogP contribution in [0, 0.1) is 18.3 Å². The molecule has 0 atom stereocenters. The van der Waals surface area contributed by atoms with Crippen molar-refractivity contribution >= 4 is 10.9 Å². The average Bonchev–Trinajstić information content (AvgIpc) is 2.18. The number of pyridine rings is 1. The van der Waals surface area contributed by atoms with Crippen molar-refractivity contribution < 1.29 is 4.57 Å². The highest BCUT2D eigenvalue weighted by molar-refractivity contribution is 5.82. The first-order chi connectivity index (χ1) is 6.72. The number of nitriles is 1. The Labute approximate surface area is 83.0 Å². The van der Waals surface area contributed by atoms with Crippen LogP contribution in [0.3, 0.4) is 0 Å². The van der Waals surface area contributed by atoms with Crippen molar-refractivity contribution in [1.29, 1.82) is 5.26 Å². The molecule has 2 heteroatoms. The second-order valence-corrected chi connectivity index (χ2v) is 3.47. The normalized spacial score (nSPS) is 10.1. The van der Waals surface area contributed by atoms with E-state index in [1.807, 2.05) is 42.9 Å². The summed E-state index contributed by atoms with van der Waals surface area (Å²) in [5, 5.41) is 9.98. The van der Waals surface area contributed by atoms with E-state index in [0.29, 0.717) is 0 Å². The Kier molecular flexibility index (Phi) is 1.94. The molecular weight excluding hydrogens is 172 g/mol. The number of hydrogen-bond acceptors (Lipinski definition) is 1. The topological polar surface area (TPSA) is 27.7 Å². The van der Waals surface area contributed by atoms with E-state index in [0.717, 1.165) is 16.5 Å². The predicted molar refractivity (Wildman–Crippen MR) is 54.6 cm³/mol. The fourth-order valence-electron chi connectivity index (χ4n) is 1.63. The summed E-state index contributed by atoms with van der Waals surface area (Å²) in [7, 11) is 1.98. The van der Waals surface area contributed by atoms with Crippen molar-refractivity contribution in [3.05, 3.63) is 41.6 Å². The molecule has 0 amide bonds. The second-order valence-electron chi connectivity index (χ2n) is 3.47. The van der Waals surface area contributed by atoms with Gasteiger partial charge in [0.05, 0.1) is 10.9 Å². The van der Waals surface area contributed by atoms with Gasteiger partial charge in [0.15, 0.2) is 6.20 Å². The van der Waals surface area contributed by atoms with E-state index in [2.05, 4.69) is 12.1 Å². The molecule has 0 radical (unpaired) electrons. The summed E-state index contributed by atoms with van der Waals surface area (Å²) in [6, 6.07) is 10.2. The van der Waals surface area contributed by atoms with E-state index in [1.165, 1.54) is 5.56 Å². The number of benzene rings is 1. The minimum Gasteiger partial charge on any atom is -0.201 e. The van der Waals surface area contributed by atoms with Gasteiger partial charge in [-0.2, -0.15) is 5.26 Å². The number of fused-ring (bicyclic) bond motifs is 1. The molecule has 0 aliphatic rings. The summed E-state index contributed by atoms with van der Waals surface area (Å²) >= 11 is 0. The molecule has 68 valence electrons. The van der Waals surface area contributed by atoms with E-state index >= 15 is 0 Å². The SMILES string of the molecule is Cc1ccc2c(c1)c(C#N)cc[n+]2C. The Morgan fingerprint density at radius 1 is 1.29 bits per heavy atom. The highest BCUT2D eigenvalue weighted by Gasteiger charge is 2.08. The van der Waals surface area contributed by atoms with Crippen LogP contribution >= 0.6 is 0 Å². The van der Waals surface area contributed by atoms with Crippen LogP contribution in [0.1, 0.15) is 11.1 Å². The molecule has 1 aromatic carbocycles. The Morgan fingerprint density at radius 2 is 2.07 bits per heavy atom. The highest BCUT2D eigenvalue weighted by Crippen LogP contribution is 2.15. The molecule has 0 unspecified atom stereocenters. The first-order valence-electron chi connectivity index (χ1n) is 4.51. The average molecular weight is 183 g/mol. The minimum atomic E-state index is 0.738. The molecule has 0 saturated carbocycles. The molecule has 0 bridgehead atoms. The monoisotopic (exact) mass is 183 g/mol. The van der Waals surface area contributed by atoms with Crippen molar-refractivity contribution in [3.63, 3.8) is 0 Å². The zero-order valence-electron chi connectivity index (χ0n) is 8.28. The van der Waals surface area contributed by atoms with Gasteiger partial charge < -0.3 is 0 Å². The van der Waals surface area contributed by atoms with Gasteiger partial charge in [-0.15, -0.1) is 0 Å². The Bertz CT molecular complexity index is 536. The fraction of sp³-hybridized carbons (Fsp3) is 0.167. The molecule has 2 rings (SSSR count). The number of rotatable bonds is 0. The van der Waals surface area contributed by atoms with Crippen LogP contribution in [-0.4, -0.2) is 0 Å². The highest BCUT2D eigenvalue weighted by atomic mass is 14.9. The summed E-state index contributed by atoms with van der Waals surface area (Å²) in [6.45, 7) is 2.04. The first kappa shape index (κ1) is 8.71. The smallest absolute Gasteiger partial charge is 0.201 e. The van der Waals surface area contributed by atoms with Crippen LogP contribution in [0.2, 0.25) is 0 Å². The van der Waals surface area contributed by atoms with Crippen LogP contribution in [0.25, 0.3) is 10.9 Å². The quantitative estimate of drug-likeness (QED) is 0.573. The van der Waals surface area contributed by atoms with Gasteiger partial charge in [0.25, 0.3) is 0 Å². The van der Waals surface area contributed by atoms with E-state index in [4.69, 9.17) is 5.26 Å². The molecule has 14 heavy (non-hydrogen) atoms. The maximum Gasteiger partial charge on any atom is 0.213 e. The molecule has 2 aromatic rings. The Balaban J connectivity index is 2.94. The molecule has 0 saturated heterocycles. The molecule has 0 spiro atoms. The van der Waals surface area contributed by atoms with Gasteiger partial charge >= 0.3 is 0 Å². The maximum absolute atomic E-state index is 8.96. The zero-order chi connectivity index (χ0) is 10.1. The van der Waals surface area contributed by atoms with Crippen molar-refractivity contribution in [3.8, 4) is 6.07 Å². The Hall–Kier alpha value is -1.88. The largest absolute Gasteiger partial charge is 0.213 e. The number of aryl methyl sites for hydroxylation is 2. The first-order valence-corrected chi connectivity index (χ1v) is 4.51. The van der Waals surface area contributed by atoms with Crippen LogP contribution in [-0.2, 0) is 7.05 Å². The molecule has 1 aromatic heterocycles. The van der Waals surface area contributed by atoms with Gasteiger partial charge in [-0.1, -0.05) is 6.07 Å². The summed E-state index contributed by atoms with van der Waals surface area (Å²) in [5.41, 5.74) is 3.01. The lowest BCUT2D eigenvalue weighted by atomic mass is 10.1. The molecule has 2 nitrogen and oxygen atoms in total. The van der Waals surface area contributed by atoms with Crippen LogP contribution < -0.4 is 4.57 Å². The van der Waals surface area contributed by atoms with Crippen LogP contribution in [0.5, 0.6) is 0 Å². The molecule has 0 fully saturated rings. The summed E-state index contributed by atoms with van der Waals surface area (Å²) in [6.07, 6.45) is 1.91. The van der Waals surface area contributed by atoms with Gasteiger partial charge in [0.2, 0.25) is 5.52 Å². The van der Waals surface area contributed by atoms with E-state index < -0.39 is 0 Å². The number of nitrogens with zero attached hydrogens (tertiary/aromatic N) is 2. The van der Waals surface area contributed by atoms with E-state index in [1.54, 1.807) is 0 Å². The van der Waals surface area contributed by atoms with E-state index in [9.17, 15) is 0 Å². The Morgan fingerprint density at radius 3 is 2.79 bits per heavy atom. The summed E-state index contributed by atoms with van der Waals surface area (Å²) in [4.78, 5) is 0. The van der Waals surface area contributed by atoms with Gasteiger partial charge in [-0.25, -0.2) is 4.57 Å². The lowest BCUT2D eigenvalue weighted by Gasteiger charge is -1.99. The molecule has 0 aliphatic heterocycles. The van der Waals surface area contributed by atoms with Gasteiger partial charge in [-0.3, -0.25) is 0 Å². The number of aromatic nitrogens is 1. The van der Waals surface area contributed by atoms with Gasteiger partial charge in [-0.05, 0) is 18.6 Å². The molecular formula is C12H11N2+. The maximum atomic E-state index is 8.96. The zero-order valence-corrected chi connectivity index (χ0v) is 8.28. The summed E-state index contributed by atoms with van der Waals surface area (Å²) < 4.78 is 2.02. The second kappa shape index (κ2) is 3.12. The van der Waals surface area contributed by atoms with Gasteiger partial charge in [0, 0.05) is 12.1 Å². The van der Waals surface area contributed by atoms with Crippen molar-refractivity contribution in [2.75, 3.05) is 0 Å². The number of hydrogen-bond donors (Lipinski definition) is 0. The van der Waals surface area contributed by atoms with E-state index in [-0.39, 0.29) is 0 Å². The molecule has 0 aliphatic carbocycles. The molecule has 1 heterocycles. The summed E-state index contributed by atoms with van der Waals surface area (Å²) in [5.74, 6) is 0. The standard InChI is InChI=1S/C12H11N2/c1-9-3-4-12-11(7-9)10(8-13)5-6-14(12)2/h3-7H,1-2H3/q+1.